The molecule has 18 heavy (non-hydrogen) atoms. The van der Waals surface area contributed by atoms with Crippen molar-refractivity contribution in [3.05, 3.63) is 23.2 Å². The predicted octanol–water partition coefficient (Wildman–Crippen LogP) is 1.88. The van der Waals surface area contributed by atoms with Crippen molar-refractivity contribution in [2.45, 2.75) is 32.6 Å². The van der Waals surface area contributed by atoms with E-state index in [9.17, 15) is 4.79 Å². The van der Waals surface area contributed by atoms with E-state index < -0.39 is 6.03 Å². The Morgan fingerprint density at radius 2 is 2.28 bits per heavy atom. The van der Waals surface area contributed by atoms with E-state index in [0.29, 0.717) is 10.6 Å². The number of hydrogen-bond donors (Lipinski definition) is 0. The molecule has 0 N–H and O–H groups in total. The summed E-state index contributed by atoms with van der Waals surface area (Å²) in [5.74, 6) is 0.656. The largest absolute Gasteiger partial charge is 0.373 e. The van der Waals surface area contributed by atoms with Crippen LogP contribution >= 0.6 is 15.9 Å². The van der Waals surface area contributed by atoms with Gasteiger partial charge < -0.3 is 0 Å². The molecule has 2 aromatic heterocycles. The van der Waals surface area contributed by atoms with E-state index in [-0.39, 0.29) is 0 Å². The van der Waals surface area contributed by atoms with Crippen LogP contribution in [-0.2, 0) is 6.42 Å². The highest BCUT2D eigenvalue weighted by molar-refractivity contribution is 9.10. The molecule has 0 saturated carbocycles. The summed E-state index contributed by atoms with van der Waals surface area (Å²) >= 11 is 3.22. The van der Waals surface area contributed by atoms with Gasteiger partial charge in [0.2, 0.25) is 4.73 Å². The minimum Gasteiger partial charge on any atom is -0.243 e. The minimum atomic E-state index is -0.409. The molecule has 0 atom stereocenters. The van der Waals surface area contributed by atoms with Crippen LogP contribution in [0.25, 0.3) is 0 Å². The maximum absolute atomic E-state index is 12.0. The number of aryl methyl sites for hydroxylation is 1. The van der Waals surface area contributed by atoms with Crippen LogP contribution < -0.4 is 0 Å². The Morgan fingerprint density at radius 3 is 2.94 bits per heavy atom. The summed E-state index contributed by atoms with van der Waals surface area (Å²) in [5.41, 5.74) is 0. The van der Waals surface area contributed by atoms with Crippen molar-refractivity contribution < 1.29 is 4.79 Å². The van der Waals surface area contributed by atoms with E-state index in [1.165, 1.54) is 17.3 Å². The molecule has 0 aromatic carbocycles. The fraction of sp³-hybridized carbons (Fsp3) is 0.500. The quantitative estimate of drug-likeness (QED) is 0.805. The molecule has 96 valence electrons. The third-order valence-electron chi connectivity index (χ3n) is 2.41. The third-order valence-corrected chi connectivity index (χ3v) is 2.92. The maximum atomic E-state index is 12.0. The summed E-state index contributed by atoms with van der Waals surface area (Å²) < 4.78 is 2.67. The lowest BCUT2D eigenvalue weighted by molar-refractivity contribution is 0.237. The van der Waals surface area contributed by atoms with Crippen LogP contribution in [0.3, 0.4) is 0 Å². The van der Waals surface area contributed by atoms with Gasteiger partial charge in [0.1, 0.15) is 12.7 Å². The smallest absolute Gasteiger partial charge is 0.243 e. The molecule has 0 unspecified atom stereocenters. The first-order valence-electron chi connectivity index (χ1n) is 5.73. The van der Waals surface area contributed by atoms with Gasteiger partial charge in [-0.2, -0.15) is 14.5 Å². The second-order valence-corrected chi connectivity index (χ2v) is 4.50. The number of hydrogen-bond acceptors (Lipinski definition) is 5. The van der Waals surface area contributed by atoms with Crippen molar-refractivity contribution in [3.63, 3.8) is 0 Å². The monoisotopic (exact) mass is 312 g/mol. The average molecular weight is 313 g/mol. The Balaban J connectivity index is 2.11. The zero-order chi connectivity index (χ0) is 13.0. The highest BCUT2D eigenvalue weighted by Gasteiger charge is 2.16. The van der Waals surface area contributed by atoms with Gasteiger partial charge in [-0.3, -0.25) is 0 Å². The second kappa shape index (κ2) is 5.85. The van der Waals surface area contributed by atoms with Gasteiger partial charge in [-0.1, -0.05) is 19.8 Å². The Labute approximate surface area is 112 Å². The highest BCUT2D eigenvalue weighted by atomic mass is 79.9. The highest BCUT2D eigenvalue weighted by Crippen LogP contribution is 2.10. The molecular formula is C10H13BrN6O. The van der Waals surface area contributed by atoms with Crippen LogP contribution in [0.2, 0.25) is 0 Å². The van der Waals surface area contributed by atoms with E-state index >= 15 is 0 Å². The number of halogens is 1. The Morgan fingerprint density at radius 1 is 1.44 bits per heavy atom. The van der Waals surface area contributed by atoms with Crippen molar-refractivity contribution in [2.24, 2.45) is 0 Å². The van der Waals surface area contributed by atoms with Crippen molar-refractivity contribution in [1.29, 1.82) is 0 Å². The molecule has 2 heterocycles. The average Bonchev–Trinajstić information content (AvgIpc) is 2.98. The normalized spacial score (nSPS) is 10.8. The van der Waals surface area contributed by atoms with Crippen LogP contribution in [-0.4, -0.2) is 35.6 Å². The lowest BCUT2D eigenvalue weighted by Gasteiger charge is -1.98. The fourth-order valence-corrected chi connectivity index (χ4v) is 1.93. The van der Waals surface area contributed by atoms with Crippen molar-refractivity contribution in [3.8, 4) is 0 Å². The van der Waals surface area contributed by atoms with Gasteiger partial charge in [-0.15, -0.1) is 5.10 Å². The molecule has 0 spiro atoms. The molecule has 2 aromatic rings. The standard InChI is InChI=1S/C10H13BrN6O/c1-2-3-4-5-8-14-9(11)17(15-8)10(18)16-7-12-6-13-16/h6-7H,2-5H2,1H3. The fourth-order valence-electron chi connectivity index (χ4n) is 1.50. The summed E-state index contributed by atoms with van der Waals surface area (Å²) in [5, 5.41) is 7.92. The number of carbonyl (C=O) groups excluding carboxylic acids is 1. The van der Waals surface area contributed by atoms with E-state index in [2.05, 4.69) is 43.0 Å². The van der Waals surface area contributed by atoms with Crippen molar-refractivity contribution >= 4 is 22.0 Å². The molecule has 0 saturated heterocycles. The summed E-state index contributed by atoms with van der Waals surface area (Å²) in [6, 6.07) is -0.409. The van der Waals surface area contributed by atoms with E-state index in [0.717, 1.165) is 30.4 Å². The Hall–Kier alpha value is -1.57. The van der Waals surface area contributed by atoms with Crippen LogP contribution in [0.4, 0.5) is 4.79 Å². The molecule has 7 nitrogen and oxygen atoms in total. The molecule has 8 heteroatoms. The van der Waals surface area contributed by atoms with Gasteiger partial charge in [-0.25, -0.2) is 14.8 Å². The van der Waals surface area contributed by atoms with E-state index in [4.69, 9.17) is 0 Å². The molecule has 0 bridgehead atoms. The predicted molar refractivity (Wildman–Crippen MR) is 67.2 cm³/mol. The molecule has 0 aliphatic carbocycles. The Kier molecular flexibility index (Phi) is 4.19. The number of unbranched alkanes of at least 4 members (excludes halogenated alkanes) is 2. The molecule has 0 aliphatic heterocycles. The molecule has 0 aliphatic rings. The van der Waals surface area contributed by atoms with Crippen molar-refractivity contribution in [2.75, 3.05) is 0 Å². The summed E-state index contributed by atoms with van der Waals surface area (Å²) in [4.78, 5) is 19.9. The lowest BCUT2D eigenvalue weighted by Crippen LogP contribution is -2.21. The third kappa shape index (κ3) is 2.81. The summed E-state index contributed by atoms with van der Waals surface area (Å²) in [6.45, 7) is 2.14. The van der Waals surface area contributed by atoms with Gasteiger partial charge in [-0.05, 0) is 22.4 Å². The van der Waals surface area contributed by atoms with E-state index in [1.807, 2.05) is 0 Å². The summed E-state index contributed by atoms with van der Waals surface area (Å²) in [7, 11) is 0. The SMILES string of the molecule is CCCCCc1nc(Br)n(C(=O)n2cncn2)n1. The first-order valence-corrected chi connectivity index (χ1v) is 6.52. The van der Waals surface area contributed by atoms with Crippen LogP contribution in [0, 0.1) is 0 Å². The van der Waals surface area contributed by atoms with E-state index in [1.54, 1.807) is 0 Å². The number of rotatable bonds is 4. The van der Waals surface area contributed by atoms with Gasteiger partial charge in [0.15, 0.2) is 5.82 Å². The first-order chi connectivity index (χ1) is 8.72. The van der Waals surface area contributed by atoms with Crippen molar-refractivity contribution in [1.82, 2.24) is 29.5 Å². The van der Waals surface area contributed by atoms with Gasteiger partial charge in [0, 0.05) is 6.42 Å². The summed E-state index contributed by atoms with van der Waals surface area (Å²) in [6.07, 6.45) is 6.68. The number of aromatic nitrogens is 6. The topological polar surface area (TPSA) is 78.5 Å². The Bertz CT molecular complexity index is 520. The molecule has 2 rings (SSSR count). The zero-order valence-electron chi connectivity index (χ0n) is 9.95. The van der Waals surface area contributed by atoms with Gasteiger partial charge in [0.05, 0.1) is 0 Å². The zero-order valence-corrected chi connectivity index (χ0v) is 11.5. The maximum Gasteiger partial charge on any atom is 0.373 e. The number of nitrogens with zero attached hydrogens (tertiary/aromatic N) is 6. The number of carbonyl (C=O) groups is 1. The first kappa shape index (κ1) is 12.9. The van der Waals surface area contributed by atoms with Gasteiger partial charge in [0.25, 0.3) is 0 Å². The molecule has 0 fully saturated rings. The van der Waals surface area contributed by atoms with Crippen LogP contribution in [0.15, 0.2) is 17.4 Å². The lowest BCUT2D eigenvalue weighted by atomic mass is 10.2. The van der Waals surface area contributed by atoms with Crippen LogP contribution in [0.1, 0.15) is 32.0 Å². The van der Waals surface area contributed by atoms with Crippen LogP contribution in [0.5, 0.6) is 0 Å². The molecule has 0 radical (unpaired) electrons. The molecule has 0 amide bonds. The minimum absolute atomic E-state index is 0.384. The second-order valence-electron chi connectivity index (χ2n) is 3.79. The molecular weight excluding hydrogens is 300 g/mol. The van der Waals surface area contributed by atoms with Gasteiger partial charge >= 0.3 is 6.03 Å².